The zero-order chi connectivity index (χ0) is 34.5. The summed E-state index contributed by atoms with van der Waals surface area (Å²) in [6.45, 7) is -2.02. The molecule has 0 bridgehead atoms. The summed E-state index contributed by atoms with van der Waals surface area (Å²) in [6.07, 6.45) is -27.1. The van der Waals surface area contributed by atoms with Gasteiger partial charge in [-0.15, -0.1) is 0 Å². The van der Waals surface area contributed by atoms with Crippen LogP contribution >= 0.6 is 0 Å². The highest BCUT2D eigenvalue weighted by Gasteiger charge is 2.77. The Balaban J connectivity index is 2.61. The Kier molecular flexibility index (Phi) is 9.83. The molecule has 0 spiro atoms. The molecule has 14 nitrogen and oxygen atoms in total. The molecule has 2 rings (SSSR count). The number of hydrogen-bond acceptors (Lipinski definition) is 12. The Bertz CT molecular complexity index is 1200. The second-order valence-corrected chi connectivity index (χ2v) is 9.19. The summed E-state index contributed by atoms with van der Waals surface area (Å²) in [5.74, 6) is -16.0. The maximum atomic E-state index is 13.3. The van der Waals surface area contributed by atoms with E-state index < -0.39 is 106 Å². The molecule has 1 amide bonds. The minimum Gasteiger partial charge on any atom is -0.481 e. The molecule has 9 N–H and O–H groups in total. The van der Waals surface area contributed by atoms with Crippen molar-refractivity contribution in [3.05, 3.63) is 29.3 Å². The number of carbonyl (C=O) groups excluding carboxylic acids is 1. The molecule has 44 heavy (non-hydrogen) atoms. The zero-order valence-electron chi connectivity index (χ0n) is 21.3. The van der Waals surface area contributed by atoms with Crippen molar-refractivity contribution in [2.45, 2.75) is 67.4 Å². The molecule has 24 heteroatoms. The lowest BCUT2D eigenvalue weighted by molar-refractivity contribution is -0.559. The van der Waals surface area contributed by atoms with Gasteiger partial charge in [-0.25, -0.2) is 9.69 Å². The van der Waals surface area contributed by atoms with Crippen LogP contribution in [0.25, 0.3) is 0 Å². The molecule has 1 fully saturated rings. The van der Waals surface area contributed by atoms with Crippen LogP contribution < -0.4 is 5.32 Å². The monoisotopic (exact) mass is 661 g/mol. The number of hydrogen-bond donors (Lipinski definition) is 9. The van der Waals surface area contributed by atoms with Crippen LogP contribution in [0.3, 0.4) is 0 Å². The van der Waals surface area contributed by atoms with Crippen LogP contribution in [0.15, 0.2) is 18.2 Å². The summed E-state index contributed by atoms with van der Waals surface area (Å²) < 4.78 is 120. The Morgan fingerprint density at radius 3 is 1.86 bits per heavy atom. The number of amides is 1. The summed E-state index contributed by atoms with van der Waals surface area (Å²) in [6, 6.07) is 1.18. The summed E-state index contributed by atoms with van der Waals surface area (Å²) in [4.78, 5) is 20.4. The average Bonchev–Trinajstić information content (AvgIpc) is 2.80. The van der Waals surface area contributed by atoms with Crippen LogP contribution in [0, 0.1) is 0 Å². The van der Waals surface area contributed by atoms with Crippen LogP contribution in [0.4, 0.5) is 50.0 Å². The van der Waals surface area contributed by atoms with E-state index in [1.54, 1.807) is 0 Å². The zero-order valence-corrected chi connectivity index (χ0v) is 21.3. The van der Waals surface area contributed by atoms with E-state index in [0.29, 0.717) is 18.2 Å². The fourth-order valence-corrected chi connectivity index (χ4v) is 3.78. The van der Waals surface area contributed by atoms with E-state index in [-0.39, 0.29) is 6.42 Å². The lowest BCUT2D eigenvalue weighted by Gasteiger charge is -2.62. The quantitative estimate of drug-likeness (QED) is 0.0740. The number of carboxylic acid groups (broad SMARTS) is 1. The Hall–Kier alpha value is -3.13. The van der Waals surface area contributed by atoms with Gasteiger partial charge in [0.25, 0.3) is 12.0 Å². The van der Waals surface area contributed by atoms with E-state index in [2.05, 4.69) is 10.1 Å². The van der Waals surface area contributed by atoms with Gasteiger partial charge in [0.2, 0.25) is 0 Å². The molecule has 1 aromatic carbocycles. The highest BCUT2D eigenvalue weighted by Crippen LogP contribution is 2.46. The highest BCUT2D eigenvalue weighted by atomic mass is 19.4. The van der Waals surface area contributed by atoms with Crippen LogP contribution in [0.5, 0.6) is 0 Å². The van der Waals surface area contributed by atoms with Crippen LogP contribution in [0.1, 0.15) is 24.0 Å². The van der Waals surface area contributed by atoms with E-state index in [4.69, 9.17) is 13.0 Å². The third kappa shape index (κ3) is 7.06. The van der Waals surface area contributed by atoms with Gasteiger partial charge in [-0.05, 0) is 24.1 Å². The molecule has 1 atom stereocenters. The molecule has 1 aliphatic heterocycles. The number of carbonyl (C=O) groups is 2. The second-order valence-electron chi connectivity index (χ2n) is 9.19. The first kappa shape index (κ1) is 37.1. The van der Waals surface area contributed by atoms with Gasteiger partial charge in [0, 0.05) is 25.2 Å². The lowest BCUT2D eigenvalue weighted by atomic mass is 9.80. The van der Waals surface area contributed by atoms with Crippen LogP contribution in [-0.2, 0) is 22.3 Å². The maximum absolute atomic E-state index is 13.3. The van der Waals surface area contributed by atoms with Crippen molar-refractivity contribution in [2.24, 2.45) is 0 Å². The Morgan fingerprint density at radius 1 is 0.886 bits per heavy atom. The molecular weight excluding hydrogens is 640 g/mol. The number of rotatable bonds is 8. The van der Waals surface area contributed by atoms with Gasteiger partial charge in [0.15, 0.2) is 13.5 Å². The molecular formula is C20H21BF9N3O11. The minimum absolute atomic E-state index is 0.227. The molecule has 1 aliphatic rings. The number of piperazine rings is 1. The normalized spacial score (nSPS) is 22.2. The lowest BCUT2D eigenvalue weighted by Crippen LogP contribution is -2.91. The van der Waals surface area contributed by atoms with Crippen molar-refractivity contribution in [1.82, 2.24) is 9.80 Å². The number of carboxylic acids is 1. The second kappa shape index (κ2) is 11.7. The molecule has 0 aromatic heterocycles. The number of halogens is 9. The van der Waals surface area contributed by atoms with E-state index >= 15 is 0 Å². The standard InChI is InChI=1S/C20H21BF9N3O11/c21-17(37)18(38,39)32(7-8-3-4-9(14(22,23)24)6-10(8)31-5-1-2-11(34)35)19(40,41)20(42,43)33(17)13(36)44-12(15(25,26)27)16(28,29)30/h3-4,6,12,31,37-43H,1-2,5,7H2,(H,34,35). The molecule has 1 saturated heterocycles. The van der Waals surface area contributed by atoms with Crippen molar-refractivity contribution in [3.63, 3.8) is 0 Å². The number of nitrogens with zero attached hydrogens (tertiary/aromatic N) is 2. The third-order valence-corrected chi connectivity index (χ3v) is 5.99. The first-order valence-corrected chi connectivity index (χ1v) is 11.4. The van der Waals surface area contributed by atoms with Crippen LogP contribution in [0.2, 0.25) is 0 Å². The van der Waals surface area contributed by atoms with Gasteiger partial charge in [0.1, 0.15) is 0 Å². The number of alkyl halides is 9. The van der Waals surface area contributed by atoms with Gasteiger partial charge in [-0.3, -0.25) is 4.79 Å². The van der Waals surface area contributed by atoms with E-state index in [1.807, 2.05) is 0 Å². The predicted molar refractivity (Wildman–Crippen MR) is 119 cm³/mol. The fourth-order valence-electron chi connectivity index (χ4n) is 3.78. The topological polar surface area (TPSA) is 224 Å². The molecule has 1 unspecified atom stereocenters. The summed E-state index contributed by atoms with van der Waals surface area (Å²) >= 11 is 0. The van der Waals surface area contributed by atoms with Gasteiger partial charge < -0.3 is 50.9 Å². The van der Waals surface area contributed by atoms with E-state index in [0.717, 1.165) is 0 Å². The number of aliphatic carboxylic acids is 1. The number of benzene rings is 1. The Morgan fingerprint density at radius 2 is 1.41 bits per heavy atom. The molecule has 1 heterocycles. The Labute approximate surface area is 239 Å². The molecule has 248 valence electrons. The van der Waals surface area contributed by atoms with Gasteiger partial charge in [0.05, 0.1) is 5.56 Å². The molecule has 1 aromatic rings. The SMILES string of the molecule is [B]C1(O)N(C(=O)OC(C(F)(F)F)C(F)(F)F)C(O)(O)C(O)(O)N(Cc2ccc(C(F)(F)F)cc2NCCCC(=O)O)C1(O)O. The smallest absolute Gasteiger partial charge is 0.434 e. The maximum Gasteiger partial charge on any atom is 0.434 e. The van der Waals surface area contributed by atoms with Gasteiger partial charge in [-0.1, -0.05) is 6.07 Å². The van der Waals surface area contributed by atoms with E-state index in [9.17, 15) is 84.8 Å². The van der Waals surface area contributed by atoms with Crippen molar-refractivity contribution < 1.29 is 94.7 Å². The van der Waals surface area contributed by atoms with Crippen LogP contribution in [-0.4, -0.2) is 119 Å². The number of anilines is 1. The third-order valence-electron chi connectivity index (χ3n) is 5.99. The predicted octanol–water partition coefficient (Wildman–Crippen LogP) is -0.541. The summed E-state index contributed by atoms with van der Waals surface area (Å²) in [5.41, 5.74) is -7.44. The van der Waals surface area contributed by atoms with Crippen molar-refractivity contribution in [2.75, 3.05) is 11.9 Å². The first-order chi connectivity index (χ1) is 19.5. The van der Waals surface area contributed by atoms with E-state index in [1.165, 1.54) is 0 Å². The summed E-state index contributed by atoms with van der Waals surface area (Å²) in [7, 11) is 5.10. The average molecular weight is 661 g/mol. The number of ether oxygens (including phenoxy) is 1. The van der Waals surface area contributed by atoms with Crippen molar-refractivity contribution >= 4 is 25.6 Å². The molecule has 0 saturated carbocycles. The van der Waals surface area contributed by atoms with Crippen molar-refractivity contribution in [1.29, 1.82) is 0 Å². The van der Waals surface area contributed by atoms with Gasteiger partial charge >= 0.3 is 42.4 Å². The number of nitrogens with one attached hydrogen (secondary N) is 1. The van der Waals surface area contributed by atoms with Crippen molar-refractivity contribution in [3.8, 4) is 0 Å². The summed E-state index contributed by atoms with van der Waals surface area (Å²) in [5, 5.41) is 84.0. The van der Waals surface area contributed by atoms with Gasteiger partial charge in [-0.2, -0.15) is 44.4 Å². The number of aliphatic hydroxyl groups is 7. The molecule has 2 radical (unpaired) electrons. The molecule has 0 aliphatic carbocycles. The highest BCUT2D eigenvalue weighted by molar-refractivity contribution is 6.16. The fraction of sp³-hybridized carbons (Fsp3) is 0.600. The first-order valence-electron chi connectivity index (χ1n) is 11.4. The minimum atomic E-state index is -6.46. The largest absolute Gasteiger partial charge is 0.481 e.